The van der Waals surface area contributed by atoms with Gasteiger partial charge in [0.15, 0.2) is 0 Å². The molecule has 5 nitrogen and oxygen atoms in total. The molecule has 2 aromatic rings. The molecule has 156 valence electrons. The van der Waals surface area contributed by atoms with Crippen LogP contribution in [0.25, 0.3) is 0 Å². The van der Waals surface area contributed by atoms with E-state index in [4.69, 9.17) is 0 Å². The van der Waals surface area contributed by atoms with E-state index >= 15 is 0 Å². The fraction of sp³-hybridized carbons (Fsp3) is 0.375. The minimum Gasteiger partial charge on any atom is -0.336 e. The summed E-state index contributed by atoms with van der Waals surface area (Å²) in [6.45, 7) is 1.97. The predicted octanol–water partition coefficient (Wildman–Crippen LogP) is 4.07. The number of benzene rings is 2. The van der Waals surface area contributed by atoms with Crippen molar-refractivity contribution >= 4 is 17.5 Å². The Morgan fingerprint density at radius 3 is 2.47 bits per heavy atom. The van der Waals surface area contributed by atoms with Gasteiger partial charge in [-0.3, -0.25) is 9.59 Å². The monoisotopic (exact) mass is 407 g/mol. The van der Waals surface area contributed by atoms with Crippen molar-refractivity contribution < 1.29 is 14.0 Å². The van der Waals surface area contributed by atoms with Crippen molar-refractivity contribution in [2.75, 3.05) is 13.6 Å². The van der Waals surface area contributed by atoms with Crippen molar-refractivity contribution in [3.63, 3.8) is 0 Å². The Labute approximate surface area is 176 Å². The lowest BCUT2D eigenvalue weighted by Gasteiger charge is -2.30. The molecule has 2 aromatic carbocycles. The number of rotatable bonds is 5. The van der Waals surface area contributed by atoms with Crippen LogP contribution >= 0.6 is 0 Å². The number of halogens is 1. The first-order valence-electron chi connectivity index (χ1n) is 10.4. The van der Waals surface area contributed by atoms with E-state index < -0.39 is 0 Å². The second-order valence-electron chi connectivity index (χ2n) is 8.22. The summed E-state index contributed by atoms with van der Waals surface area (Å²) in [5.41, 5.74) is 3.01. The molecule has 1 aliphatic carbocycles. The highest BCUT2D eigenvalue weighted by Crippen LogP contribution is 2.34. The zero-order chi connectivity index (χ0) is 21.3. The van der Waals surface area contributed by atoms with Gasteiger partial charge in [0.1, 0.15) is 12.4 Å². The Bertz CT molecular complexity index is 982. The van der Waals surface area contributed by atoms with E-state index in [2.05, 4.69) is 5.10 Å². The van der Waals surface area contributed by atoms with Crippen LogP contribution in [0.4, 0.5) is 4.39 Å². The molecule has 1 aliphatic heterocycles. The van der Waals surface area contributed by atoms with Crippen LogP contribution in [0.3, 0.4) is 0 Å². The quantitative estimate of drug-likeness (QED) is 0.750. The average molecular weight is 407 g/mol. The number of nitrogens with zero attached hydrogens (tertiary/aromatic N) is 3. The first-order valence-corrected chi connectivity index (χ1v) is 10.4. The molecule has 2 aliphatic rings. The van der Waals surface area contributed by atoms with E-state index in [-0.39, 0.29) is 36.1 Å². The van der Waals surface area contributed by atoms with Crippen LogP contribution in [-0.2, 0) is 9.59 Å². The smallest absolute Gasteiger partial charge is 0.262 e. The summed E-state index contributed by atoms with van der Waals surface area (Å²) in [6, 6.07) is 14.1. The van der Waals surface area contributed by atoms with Gasteiger partial charge in [0.25, 0.3) is 5.91 Å². The van der Waals surface area contributed by atoms with Crippen LogP contribution in [0.2, 0.25) is 0 Å². The normalized spacial score (nSPS) is 18.7. The van der Waals surface area contributed by atoms with Gasteiger partial charge in [-0.05, 0) is 31.4 Å². The molecule has 0 bridgehead atoms. The average Bonchev–Trinajstić information content (AvgIpc) is 3.12. The molecule has 1 fully saturated rings. The molecule has 0 spiro atoms. The van der Waals surface area contributed by atoms with Crippen LogP contribution < -0.4 is 0 Å². The van der Waals surface area contributed by atoms with E-state index in [1.807, 2.05) is 31.2 Å². The van der Waals surface area contributed by atoms with Crippen LogP contribution in [0, 0.1) is 18.7 Å². The lowest BCUT2D eigenvalue weighted by molar-refractivity contribution is -0.144. The van der Waals surface area contributed by atoms with E-state index in [0.29, 0.717) is 17.7 Å². The standard InChI is InChI=1S/C24H26FN3O2/c1-16-10-12-17(13-11-16)22-14-21(19-8-3-4-9-20(19)25)26-28(22)23(29)15-27(2)24(30)18-6-5-7-18/h3-4,8-13,18,22H,5-7,14-15H2,1-2H3/t22-/m0/s1. The highest BCUT2D eigenvalue weighted by molar-refractivity contribution is 6.03. The molecule has 1 atom stereocenters. The summed E-state index contributed by atoms with van der Waals surface area (Å²) in [5.74, 6) is -0.571. The maximum atomic E-state index is 14.4. The second-order valence-corrected chi connectivity index (χ2v) is 8.22. The number of amides is 2. The third-order valence-corrected chi connectivity index (χ3v) is 6.02. The maximum absolute atomic E-state index is 14.4. The van der Waals surface area contributed by atoms with E-state index in [9.17, 15) is 14.0 Å². The van der Waals surface area contributed by atoms with Crippen LogP contribution in [0.1, 0.15) is 48.4 Å². The second kappa shape index (κ2) is 8.38. The van der Waals surface area contributed by atoms with Gasteiger partial charge in [0, 0.05) is 24.9 Å². The van der Waals surface area contributed by atoms with Gasteiger partial charge in [-0.2, -0.15) is 5.10 Å². The van der Waals surface area contributed by atoms with Crippen molar-refractivity contribution in [3.8, 4) is 0 Å². The fourth-order valence-corrected chi connectivity index (χ4v) is 3.97. The predicted molar refractivity (Wildman–Crippen MR) is 113 cm³/mol. The van der Waals surface area contributed by atoms with E-state index in [1.165, 1.54) is 16.0 Å². The number of hydrogen-bond acceptors (Lipinski definition) is 3. The van der Waals surface area contributed by atoms with Gasteiger partial charge in [-0.15, -0.1) is 0 Å². The third-order valence-electron chi connectivity index (χ3n) is 6.02. The molecule has 0 radical (unpaired) electrons. The van der Waals surface area contributed by atoms with Crippen LogP contribution in [0.15, 0.2) is 53.6 Å². The van der Waals surface area contributed by atoms with Gasteiger partial charge >= 0.3 is 0 Å². The number of aryl methyl sites for hydroxylation is 1. The fourth-order valence-electron chi connectivity index (χ4n) is 3.97. The summed E-state index contributed by atoms with van der Waals surface area (Å²) >= 11 is 0. The van der Waals surface area contributed by atoms with Crippen LogP contribution in [0.5, 0.6) is 0 Å². The molecule has 1 saturated carbocycles. The first-order chi connectivity index (χ1) is 14.4. The van der Waals surface area contributed by atoms with Crippen molar-refractivity contribution in [1.29, 1.82) is 0 Å². The maximum Gasteiger partial charge on any atom is 0.262 e. The van der Waals surface area contributed by atoms with Gasteiger partial charge in [0.2, 0.25) is 5.91 Å². The van der Waals surface area contributed by atoms with Crippen molar-refractivity contribution in [1.82, 2.24) is 9.91 Å². The summed E-state index contributed by atoms with van der Waals surface area (Å²) < 4.78 is 14.4. The Morgan fingerprint density at radius 2 is 1.83 bits per heavy atom. The SMILES string of the molecule is Cc1ccc([C@@H]2CC(c3ccccc3F)=NN2C(=O)CN(C)C(=O)C2CCC2)cc1. The number of hydrazone groups is 1. The number of hydrogen-bond donors (Lipinski definition) is 0. The molecule has 0 aromatic heterocycles. The van der Waals surface area contributed by atoms with Gasteiger partial charge < -0.3 is 4.90 Å². The summed E-state index contributed by atoms with van der Waals surface area (Å²) in [4.78, 5) is 27.1. The Hall–Kier alpha value is -3.02. The van der Waals surface area contributed by atoms with Crippen LogP contribution in [-0.4, -0.2) is 41.0 Å². The largest absolute Gasteiger partial charge is 0.336 e. The van der Waals surface area contributed by atoms with Crippen molar-refractivity contribution in [3.05, 3.63) is 71.0 Å². The lowest BCUT2D eigenvalue weighted by Crippen LogP contribution is -2.42. The number of carbonyl (C=O) groups is 2. The molecule has 0 N–H and O–H groups in total. The minimum absolute atomic E-state index is 0.0130. The van der Waals surface area contributed by atoms with Gasteiger partial charge in [-0.25, -0.2) is 9.40 Å². The minimum atomic E-state index is -0.356. The molecule has 2 amide bonds. The summed E-state index contributed by atoms with van der Waals surface area (Å²) in [6.07, 6.45) is 3.28. The molecule has 1 heterocycles. The van der Waals surface area contributed by atoms with E-state index in [0.717, 1.165) is 30.4 Å². The summed E-state index contributed by atoms with van der Waals surface area (Å²) in [5, 5.41) is 5.94. The molecule has 30 heavy (non-hydrogen) atoms. The Morgan fingerprint density at radius 1 is 1.13 bits per heavy atom. The topological polar surface area (TPSA) is 53.0 Å². The van der Waals surface area contributed by atoms with Crippen molar-refractivity contribution in [2.45, 2.75) is 38.6 Å². The highest BCUT2D eigenvalue weighted by atomic mass is 19.1. The molecule has 0 unspecified atom stereocenters. The molecule has 0 saturated heterocycles. The van der Waals surface area contributed by atoms with Gasteiger partial charge in [0.05, 0.1) is 11.8 Å². The molecular formula is C24H26FN3O2. The van der Waals surface area contributed by atoms with Crippen molar-refractivity contribution in [2.24, 2.45) is 11.0 Å². The Kier molecular flexibility index (Phi) is 5.66. The lowest BCUT2D eigenvalue weighted by atomic mass is 9.84. The zero-order valence-electron chi connectivity index (χ0n) is 17.3. The number of likely N-dealkylation sites (N-methyl/N-ethyl adjacent to an activating group) is 1. The molecule has 6 heteroatoms. The Balaban J connectivity index is 1.59. The first kappa shape index (κ1) is 20.3. The van der Waals surface area contributed by atoms with Gasteiger partial charge in [-0.1, -0.05) is 54.4 Å². The zero-order valence-corrected chi connectivity index (χ0v) is 17.3. The number of carbonyl (C=O) groups excluding carboxylic acids is 2. The molecular weight excluding hydrogens is 381 g/mol. The third kappa shape index (κ3) is 3.99. The highest BCUT2D eigenvalue weighted by Gasteiger charge is 2.35. The molecule has 4 rings (SSSR count). The summed E-state index contributed by atoms with van der Waals surface area (Å²) in [7, 11) is 1.66. The van der Waals surface area contributed by atoms with E-state index in [1.54, 1.807) is 25.2 Å².